The Balaban J connectivity index is 2.28. The van der Waals surface area contributed by atoms with Gasteiger partial charge in [-0.25, -0.2) is 4.68 Å². The summed E-state index contributed by atoms with van der Waals surface area (Å²) in [7, 11) is 0. The average Bonchev–Trinajstić information content (AvgIpc) is 2.71. The van der Waals surface area contributed by atoms with Gasteiger partial charge in [0.05, 0.1) is 12.2 Å². The Hall–Kier alpha value is -1.64. The highest BCUT2D eigenvalue weighted by molar-refractivity contribution is 5.23. The molecule has 0 aliphatic heterocycles. The third kappa shape index (κ3) is 1.66. The summed E-state index contributed by atoms with van der Waals surface area (Å²) >= 11 is 0. The lowest BCUT2D eigenvalue weighted by molar-refractivity contribution is 0.543. The maximum absolute atomic E-state index is 3.98. The highest BCUT2D eigenvalue weighted by Crippen LogP contribution is 2.16. The van der Waals surface area contributed by atoms with Crippen molar-refractivity contribution in [1.29, 1.82) is 0 Å². The number of aromatic nitrogens is 3. The Morgan fingerprint density at radius 2 is 1.93 bits per heavy atom. The van der Waals surface area contributed by atoms with Gasteiger partial charge < -0.3 is 0 Å². The summed E-state index contributed by atoms with van der Waals surface area (Å²) in [5, 5.41) is 7.78. The van der Waals surface area contributed by atoms with E-state index in [4.69, 9.17) is 0 Å². The molecule has 3 heteroatoms. The van der Waals surface area contributed by atoms with Crippen LogP contribution in [0.4, 0.5) is 0 Å². The minimum Gasteiger partial charge on any atom is -0.245 e. The topological polar surface area (TPSA) is 30.7 Å². The van der Waals surface area contributed by atoms with E-state index in [1.807, 2.05) is 10.9 Å². The minimum atomic E-state index is 0.248. The van der Waals surface area contributed by atoms with Crippen LogP contribution in [0.1, 0.15) is 24.1 Å². The Labute approximate surface area is 83.4 Å². The van der Waals surface area contributed by atoms with Crippen molar-refractivity contribution in [2.75, 3.05) is 0 Å². The first-order valence-corrected chi connectivity index (χ1v) is 4.70. The highest BCUT2D eigenvalue weighted by Gasteiger charge is 2.06. The zero-order valence-electron chi connectivity index (χ0n) is 8.38. The van der Waals surface area contributed by atoms with Gasteiger partial charge in [0, 0.05) is 6.20 Å². The van der Waals surface area contributed by atoms with Crippen molar-refractivity contribution in [3.8, 4) is 0 Å². The van der Waals surface area contributed by atoms with E-state index in [2.05, 4.69) is 48.4 Å². The molecular weight excluding hydrogens is 174 g/mol. The molecule has 1 unspecified atom stereocenters. The van der Waals surface area contributed by atoms with E-state index in [1.54, 1.807) is 6.20 Å². The van der Waals surface area contributed by atoms with Crippen LogP contribution in [0.5, 0.6) is 0 Å². The molecule has 0 spiro atoms. The molecule has 0 amide bonds. The first-order valence-electron chi connectivity index (χ1n) is 4.70. The molecular formula is C11H13N3. The molecule has 0 bridgehead atoms. The molecule has 0 saturated heterocycles. The third-order valence-corrected chi connectivity index (χ3v) is 2.40. The second-order valence-corrected chi connectivity index (χ2v) is 3.47. The highest BCUT2D eigenvalue weighted by atomic mass is 15.4. The number of rotatable bonds is 2. The summed E-state index contributed by atoms with van der Waals surface area (Å²) in [6, 6.07) is 8.73. The van der Waals surface area contributed by atoms with Crippen molar-refractivity contribution in [1.82, 2.24) is 15.0 Å². The average molecular weight is 187 g/mol. The van der Waals surface area contributed by atoms with Crippen molar-refractivity contribution in [2.24, 2.45) is 0 Å². The van der Waals surface area contributed by atoms with Gasteiger partial charge in [0.1, 0.15) is 0 Å². The smallest absolute Gasteiger partial charge is 0.0758 e. The standard InChI is InChI=1S/C11H13N3/c1-9-3-5-11(6-4-9)10(2)14-8-7-12-13-14/h3-8,10H,1-2H3. The van der Waals surface area contributed by atoms with E-state index in [0.717, 1.165) is 0 Å². The van der Waals surface area contributed by atoms with Gasteiger partial charge in [0.25, 0.3) is 0 Å². The third-order valence-electron chi connectivity index (χ3n) is 2.40. The van der Waals surface area contributed by atoms with Crippen molar-refractivity contribution in [3.63, 3.8) is 0 Å². The van der Waals surface area contributed by atoms with Crippen LogP contribution in [0.15, 0.2) is 36.7 Å². The molecule has 1 atom stereocenters. The predicted octanol–water partition coefficient (Wildman–Crippen LogP) is 2.20. The molecule has 0 aliphatic rings. The summed E-state index contributed by atoms with van der Waals surface area (Å²) in [4.78, 5) is 0. The second-order valence-electron chi connectivity index (χ2n) is 3.47. The Kier molecular flexibility index (Phi) is 2.31. The van der Waals surface area contributed by atoms with Gasteiger partial charge in [-0.05, 0) is 19.4 Å². The first-order chi connectivity index (χ1) is 6.77. The second kappa shape index (κ2) is 3.62. The van der Waals surface area contributed by atoms with Gasteiger partial charge >= 0.3 is 0 Å². The first kappa shape index (κ1) is 8.94. The van der Waals surface area contributed by atoms with Crippen molar-refractivity contribution < 1.29 is 0 Å². The molecule has 2 aromatic rings. The number of benzene rings is 1. The van der Waals surface area contributed by atoms with Gasteiger partial charge in [-0.2, -0.15) is 0 Å². The number of hydrogen-bond donors (Lipinski definition) is 0. The molecule has 0 saturated carbocycles. The fourth-order valence-electron chi connectivity index (χ4n) is 1.42. The molecule has 3 nitrogen and oxygen atoms in total. The van der Waals surface area contributed by atoms with E-state index in [-0.39, 0.29) is 6.04 Å². The molecule has 1 heterocycles. The van der Waals surface area contributed by atoms with Gasteiger partial charge in [0.15, 0.2) is 0 Å². The van der Waals surface area contributed by atoms with Gasteiger partial charge in [-0.15, -0.1) is 5.10 Å². The normalized spacial score (nSPS) is 12.7. The number of nitrogens with zero attached hydrogens (tertiary/aromatic N) is 3. The van der Waals surface area contributed by atoms with E-state index >= 15 is 0 Å². The van der Waals surface area contributed by atoms with Crippen LogP contribution in [0.2, 0.25) is 0 Å². The van der Waals surface area contributed by atoms with Crippen LogP contribution < -0.4 is 0 Å². The van der Waals surface area contributed by atoms with Crippen LogP contribution in [0.25, 0.3) is 0 Å². The molecule has 0 fully saturated rings. The van der Waals surface area contributed by atoms with E-state index in [0.29, 0.717) is 0 Å². The van der Waals surface area contributed by atoms with Crippen LogP contribution in [-0.4, -0.2) is 15.0 Å². The summed E-state index contributed by atoms with van der Waals surface area (Å²) in [5.41, 5.74) is 2.53. The Bertz CT molecular complexity index is 389. The molecule has 2 rings (SSSR count). The molecule has 0 aliphatic carbocycles. The zero-order valence-corrected chi connectivity index (χ0v) is 8.38. The van der Waals surface area contributed by atoms with Gasteiger partial charge in [-0.3, -0.25) is 0 Å². The van der Waals surface area contributed by atoms with E-state index in [9.17, 15) is 0 Å². The van der Waals surface area contributed by atoms with Crippen molar-refractivity contribution >= 4 is 0 Å². The van der Waals surface area contributed by atoms with Crippen molar-refractivity contribution in [2.45, 2.75) is 19.9 Å². The van der Waals surface area contributed by atoms with Crippen LogP contribution in [-0.2, 0) is 0 Å². The minimum absolute atomic E-state index is 0.248. The van der Waals surface area contributed by atoms with Crippen molar-refractivity contribution in [3.05, 3.63) is 47.8 Å². The molecule has 1 aromatic carbocycles. The summed E-state index contributed by atoms with van der Waals surface area (Å²) in [6.07, 6.45) is 3.58. The van der Waals surface area contributed by atoms with Crippen LogP contribution in [0.3, 0.4) is 0 Å². The van der Waals surface area contributed by atoms with E-state index < -0.39 is 0 Å². The maximum Gasteiger partial charge on any atom is 0.0758 e. The predicted molar refractivity (Wildman–Crippen MR) is 55.0 cm³/mol. The fourth-order valence-corrected chi connectivity index (χ4v) is 1.42. The van der Waals surface area contributed by atoms with Crippen LogP contribution >= 0.6 is 0 Å². The van der Waals surface area contributed by atoms with Gasteiger partial charge in [0.2, 0.25) is 0 Å². The largest absolute Gasteiger partial charge is 0.245 e. The number of aryl methyl sites for hydroxylation is 1. The fraction of sp³-hybridized carbons (Fsp3) is 0.273. The SMILES string of the molecule is Cc1ccc(C(C)n2ccnn2)cc1. The Morgan fingerprint density at radius 3 is 2.50 bits per heavy atom. The van der Waals surface area contributed by atoms with E-state index in [1.165, 1.54) is 11.1 Å². The molecule has 1 aromatic heterocycles. The molecule has 72 valence electrons. The molecule has 14 heavy (non-hydrogen) atoms. The zero-order chi connectivity index (χ0) is 9.97. The summed E-state index contributed by atoms with van der Waals surface area (Å²) < 4.78 is 1.85. The van der Waals surface area contributed by atoms with Crippen LogP contribution in [0, 0.1) is 6.92 Å². The lowest BCUT2D eigenvalue weighted by Crippen LogP contribution is -2.07. The quantitative estimate of drug-likeness (QED) is 0.721. The van der Waals surface area contributed by atoms with Gasteiger partial charge in [-0.1, -0.05) is 35.0 Å². The summed E-state index contributed by atoms with van der Waals surface area (Å²) in [6.45, 7) is 4.20. The molecule has 0 radical (unpaired) electrons. The lowest BCUT2D eigenvalue weighted by atomic mass is 10.1. The number of hydrogen-bond acceptors (Lipinski definition) is 2. The lowest BCUT2D eigenvalue weighted by Gasteiger charge is -2.11. The molecule has 0 N–H and O–H groups in total. The summed E-state index contributed by atoms with van der Waals surface area (Å²) in [5.74, 6) is 0. The Morgan fingerprint density at radius 1 is 1.21 bits per heavy atom. The maximum atomic E-state index is 3.98. The monoisotopic (exact) mass is 187 g/mol.